The Kier molecular flexibility index (Phi) is 4.13. The Morgan fingerprint density at radius 1 is 0.958 bits per heavy atom. The normalized spacial score (nSPS) is 20.9. The molecule has 2 unspecified atom stereocenters. The van der Waals surface area contributed by atoms with E-state index >= 15 is 0 Å². The fourth-order valence-corrected chi connectivity index (χ4v) is 3.25. The van der Waals surface area contributed by atoms with Crippen LogP contribution in [0.1, 0.15) is 30.2 Å². The highest BCUT2D eigenvalue weighted by Gasteiger charge is 2.24. The number of benzene rings is 2. The van der Waals surface area contributed by atoms with E-state index in [0.717, 1.165) is 42.0 Å². The van der Waals surface area contributed by atoms with Crippen molar-refractivity contribution in [3.63, 3.8) is 0 Å². The number of rotatable bonds is 3. The molecule has 0 bridgehead atoms. The maximum absolute atomic E-state index is 5.96. The first-order valence-electron chi connectivity index (χ1n) is 8.46. The molecule has 0 radical (unpaired) electrons. The lowest BCUT2D eigenvalue weighted by atomic mass is 9.97. The van der Waals surface area contributed by atoms with Gasteiger partial charge in [-0.2, -0.15) is 0 Å². The number of nitrogens with zero attached hydrogens (tertiary/aromatic N) is 2. The van der Waals surface area contributed by atoms with E-state index in [0.29, 0.717) is 6.04 Å². The van der Waals surface area contributed by atoms with E-state index < -0.39 is 0 Å². The summed E-state index contributed by atoms with van der Waals surface area (Å²) in [6.45, 7) is 2.77. The van der Waals surface area contributed by atoms with Crippen molar-refractivity contribution in [2.45, 2.75) is 31.9 Å². The Bertz CT molecular complexity index is 835. The molecule has 2 aromatic carbocycles. The zero-order valence-corrected chi connectivity index (χ0v) is 13.8. The molecule has 4 nitrogen and oxygen atoms in total. The number of hydrogen-bond acceptors (Lipinski definition) is 4. The van der Waals surface area contributed by atoms with Gasteiger partial charge in [0.05, 0.1) is 22.8 Å². The molecule has 1 saturated heterocycles. The number of hydrogen-bond donors (Lipinski definition) is 1. The van der Waals surface area contributed by atoms with Gasteiger partial charge in [-0.15, -0.1) is 0 Å². The van der Waals surface area contributed by atoms with E-state index in [9.17, 15) is 0 Å². The van der Waals surface area contributed by atoms with Crippen LogP contribution in [0.5, 0.6) is 0 Å². The molecule has 4 rings (SSSR count). The van der Waals surface area contributed by atoms with Gasteiger partial charge in [0.15, 0.2) is 0 Å². The summed E-state index contributed by atoms with van der Waals surface area (Å²) < 4.78 is 5.96. The number of anilines is 1. The number of fused-ring (bicyclic) bond motifs is 1. The summed E-state index contributed by atoms with van der Waals surface area (Å²) in [4.78, 5) is 9.41. The highest BCUT2D eigenvalue weighted by molar-refractivity contribution is 5.76. The van der Waals surface area contributed by atoms with E-state index in [-0.39, 0.29) is 6.10 Å². The van der Waals surface area contributed by atoms with Gasteiger partial charge in [-0.1, -0.05) is 42.5 Å². The van der Waals surface area contributed by atoms with Gasteiger partial charge in [-0.25, -0.2) is 9.97 Å². The Hall–Kier alpha value is -2.46. The van der Waals surface area contributed by atoms with E-state index in [2.05, 4.69) is 34.6 Å². The minimum Gasteiger partial charge on any atom is -0.373 e. The van der Waals surface area contributed by atoms with Gasteiger partial charge in [-0.3, -0.25) is 0 Å². The highest BCUT2D eigenvalue weighted by atomic mass is 16.5. The van der Waals surface area contributed by atoms with Crippen molar-refractivity contribution in [3.8, 4) is 0 Å². The third-order valence-electron chi connectivity index (χ3n) is 4.54. The summed E-state index contributed by atoms with van der Waals surface area (Å²) in [6, 6.07) is 18.8. The molecule has 0 aliphatic carbocycles. The average molecular weight is 319 g/mol. The van der Waals surface area contributed by atoms with Crippen LogP contribution in [0.4, 0.5) is 5.82 Å². The first kappa shape index (κ1) is 15.1. The Labute approximate surface area is 141 Å². The average Bonchev–Trinajstić information content (AvgIpc) is 2.63. The van der Waals surface area contributed by atoms with Crippen LogP contribution in [-0.2, 0) is 4.74 Å². The minimum atomic E-state index is 0.145. The van der Waals surface area contributed by atoms with Crippen molar-refractivity contribution in [2.75, 3.05) is 11.9 Å². The van der Waals surface area contributed by atoms with Crippen molar-refractivity contribution in [2.24, 2.45) is 0 Å². The lowest BCUT2D eigenvalue weighted by Gasteiger charge is -2.31. The lowest BCUT2D eigenvalue weighted by molar-refractivity contribution is 0.00973. The Morgan fingerprint density at radius 2 is 1.67 bits per heavy atom. The summed E-state index contributed by atoms with van der Waals surface area (Å²) >= 11 is 0. The fourth-order valence-electron chi connectivity index (χ4n) is 3.25. The molecule has 3 aromatic rings. The molecule has 2 heterocycles. The maximum Gasteiger partial charge on any atom is 0.148 e. The van der Waals surface area contributed by atoms with Gasteiger partial charge in [0.1, 0.15) is 5.82 Å². The van der Waals surface area contributed by atoms with E-state index in [1.165, 1.54) is 5.56 Å². The van der Waals surface area contributed by atoms with Crippen molar-refractivity contribution < 1.29 is 4.74 Å². The Balaban J connectivity index is 1.53. The number of aromatic nitrogens is 2. The molecule has 1 fully saturated rings. The second kappa shape index (κ2) is 6.57. The highest BCUT2D eigenvalue weighted by Crippen LogP contribution is 2.30. The first-order chi connectivity index (χ1) is 11.8. The summed E-state index contributed by atoms with van der Waals surface area (Å²) in [7, 11) is 0. The molecule has 0 amide bonds. The predicted molar refractivity (Wildman–Crippen MR) is 96.1 cm³/mol. The van der Waals surface area contributed by atoms with Crippen LogP contribution in [-0.4, -0.2) is 22.6 Å². The van der Waals surface area contributed by atoms with Gasteiger partial charge in [0.25, 0.3) is 0 Å². The third kappa shape index (κ3) is 3.10. The topological polar surface area (TPSA) is 47.0 Å². The van der Waals surface area contributed by atoms with Crippen LogP contribution >= 0.6 is 0 Å². The SMILES string of the molecule is Cc1nc2ccccc2nc1NC1CCOC(c2ccccc2)C1. The van der Waals surface area contributed by atoms with Gasteiger partial charge in [0.2, 0.25) is 0 Å². The molecule has 2 atom stereocenters. The lowest BCUT2D eigenvalue weighted by Crippen LogP contribution is -2.30. The quantitative estimate of drug-likeness (QED) is 0.783. The van der Waals surface area contributed by atoms with Crippen molar-refractivity contribution >= 4 is 16.9 Å². The molecule has 0 saturated carbocycles. The second-order valence-corrected chi connectivity index (χ2v) is 6.28. The smallest absolute Gasteiger partial charge is 0.148 e. The molecular formula is C20H21N3O. The molecule has 1 N–H and O–H groups in total. The van der Waals surface area contributed by atoms with Gasteiger partial charge >= 0.3 is 0 Å². The second-order valence-electron chi connectivity index (χ2n) is 6.28. The molecule has 0 spiro atoms. The van der Waals surface area contributed by atoms with E-state index in [4.69, 9.17) is 9.72 Å². The predicted octanol–water partition coefficient (Wildman–Crippen LogP) is 4.27. The summed E-state index contributed by atoms with van der Waals surface area (Å²) in [5, 5.41) is 3.59. The van der Waals surface area contributed by atoms with Crippen molar-refractivity contribution in [1.82, 2.24) is 9.97 Å². The van der Waals surface area contributed by atoms with Crippen molar-refractivity contribution in [1.29, 1.82) is 0 Å². The summed E-state index contributed by atoms with van der Waals surface area (Å²) in [6.07, 6.45) is 2.07. The molecule has 4 heteroatoms. The maximum atomic E-state index is 5.96. The van der Waals surface area contributed by atoms with Crippen LogP contribution in [0.2, 0.25) is 0 Å². The van der Waals surface area contributed by atoms with Crippen molar-refractivity contribution in [3.05, 3.63) is 65.9 Å². The third-order valence-corrected chi connectivity index (χ3v) is 4.54. The molecule has 24 heavy (non-hydrogen) atoms. The summed E-state index contributed by atoms with van der Waals surface area (Å²) in [5.41, 5.74) is 4.05. The number of para-hydroxylation sites is 2. The Morgan fingerprint density at radius 3 is 2.46 bits per heavy atom. The fraction of sp³-hybridized carbons (Fsp3) is 0.300. The monoisotopic (exact) mass is 319 g/mol. The van der Waals surface area contributed by atoms with Crippen LogP contribution in [0.25, 0.3) is 11.0 Å². The molecule has 1 aliphatic rings. The molecular weight excluding hydrogens is 298 g/mol. The van der Waals surface area contributed by atoms with Gasteiger partial charge < -0.3 is 10.1 Å². The van der Waals surface area contributed by atoms with Gasteiger partial charge in [0, 0.05) is 12.6 Å². The zero-order chi connectivity index (χ0) is 16.4. The molecule has 122 valence electrons. The van der Waals surface area contributed by atoms with E-state index in [1.807, 2.05) is 37.3 Å². The number of ether oxygens (including phenoxy) is 1. The zero-order valence-electron chi connectivity index (χ0n) is 13.8. The summed E-state index contributed by atoms with van der Waals surface area (Å²) in [5.74, 6) is 0.882. The number of nitrogens with one attached hydrogen (secondary N) is 1. The van der Waals surface area contributed by atoms with Crippen LogP contribution < -0.4 is 5.32 Å². The van der Waals surface area contributed by atoms with Crippen LogP contribution in [0, 0.1) is 6.92 Å². The van der Waals surface area contributed by atoms with E-state index in [1.54, 1.807) is 0 Å². The largest absolute Gasteiger partial charge is 0.373 e. The standard InChI is InChI=1S/C20H21N3O/c1-14-20(23-18-10-6-5-9-17(18)21-14)22-16-11-12-24-19(13-16)15-7-3-2-4-8-15/h2-10,16,19H,11-13H2,1H3,(H,22,23). The van der Waals surface area contributed by atoms with Gasteiger partial charge in [-0.05, 0) is 37.5 Å². The van der Waals surface area contributed by atoms with Crippen LogP contribution in [0.15, 0.2) is 54.6 Å². The molecule has 1 aliphatic heterocycles. The number of aryl methyl sites for hydroxylation is 1. The van der Waals surface area contributed by atoms with Crippen LogP contribution in [0.3, 0.4) is 0 Å². The first-order valence-corrected chi connectivity index (χ1v) is 8.46. The molecule has 1 aromatic heterocycles. The minimum absolute atomic E-state index is 0.145.